The zero-order chi connectivity index (χ0) is 12.7. The number of unbranched alkanes of at least 4 members (excludes halogenated alkanes) is 1. The molecular formula is C13H25NO2. The van der Waals surface area contributed by atoms with Gasteiger partial charge in [0.05, 0.1) is 0 Å². The van der Waals surface area contributed by atoms with Crippen LogP contribution in [0.25, 0.3) is 0 Å². The summed E-state index contributed by atoms with van der Waals surface area (Å²) in [6.45, 7) is 9.73. The van der Waals surface area contributed by atoms with Crippen molar-refractivity contribution >= 4 is 11.7 Å². The fourth-order valence-electron chi connectivity index (χ4n) is 1.95. The van der Waals surface area contributed by atoms with E-state index in [2.05, 4.69) is 0 Å². The minimum atomic E-state index is 0.202. The number of hydrogen-bond donors (Lipinski definition) is 0. The van der Waals surface area contributed by atoms with Crippen LogP contribution in [-0.2, 0) is 9.59 Å². The third kappa shape index (κ3) is 5.89. The van der Waals surface area contributed by atoms with Crippen molar-refractivity contribution in [3.63, 3.8) is 0 Å². The topological polar surface area (TPSA) is 37.4 Å². The molecular weight excluding hydrogens is 202 g/mol. The highest BCUT2D eigenvalue weighted by Gasteiger charge is 2.19. The highest BCUT2D eigenvalue weighted by molar-refractivity contribution is 5.77. The Balaban J connectivity index is 3.98. The fraction of sp³-hybridized carbons (Fsp3) is 0.846. The van der Waals surface area contributed by atoms with Crippen molar-refractivity contribution in [3.05, 3.63) is 0 Å². The average molecular weight is 227 g/mol. The maximum absolute atomic E-state index is 11.9. The van der Waals surface area contributed by atoms with E-state index in [-0.39, 0.29) is 23.8 Å². The second-order valence-corrected chi connectivity index (χ2v) is 4.90. The van der Waals surface area contributed by atoms with Crippen molar-refractivity contribution in [2.45, 2.75) is 72.4 Å². The minimum Gasteiger partial charge on any atom is -0.338 e. The molecule has 0 heterocycles. The first kappa shape index (κ1) is 15.1. The molecule has 0 rings (SSSR count). The van der Waals surface area contributed by atoms with Gasteiger partial charge in [0.1, 0.15) is 5.78 Å². The van der Waals surface area contributed by atoms with Gasteiger partial charge in [0.25, 0.3) is 0 Å². The highest BCUT2D eigenvalue weighted by Crippen LogP contribution is 2.10. The highest BCUT2D eigenvalue weighted by atomic mass is 16.2. The quantitative estimate of drug-likeness (QED) is 0.627. The standard InChI is InChI=1S/C13H25NO2/c1-10(2)14(11(3)4)13(16)9-7-6-8-12(5)15/h10-11H,6-9H2,1-5H3. The van der Waals surface area contributed by atoms with E-state index in [0.29, 0.717) is 12.8 Å². The van der Waals surface area contributed by atoms with Gasteiger partial charge in [-0.3, -0.25) is 4.79 Å². The van der Waals surface area contributed by atoms with Crippen molar-refractivity contribution in [1.82, 2.24) is 4.90 Å². The summed E-state index contributed by atoms with van der Waals surface area (Å²) in [6, 6.07) is 0.501. The maximum Gasteiger partial charge on any atom is 0.223 e. The SMILES string of the molecule is CC(=O)CCCCC(=O)N(C(C)C)C(C)C. The van der Waals surface area contributed by atoms with Crippen LogP contribution >= 0.6 is 0 Å². The number of carbonyl (C=O) groups is 2. The molecule has 0 saturated carbocycles. The van der Waals surface area contributed by atoms with E-state index in [1.165, 1.54) is 0 Å². The molecule has 0 unspecified atom stereocenters. The number of nitrogens with zero attached hydrogens (tertiary/aromatic N) is 1. The molecule has 0 aliphatic rings. The molecule has 0 saturated heterocycles. The summed E-state index contributed by atoms with van der Waals surface area (Å²) in [4.78, 5) is 24.6. The maximum atomic E-state index is 11.9. The van der Waals surface area contributed by atoms with E-state index in [9.17, 15) is 9.59 Å². The van der Waals surface area contributed by atoms with E-state index in [4.69, 9.17) is 0 Å². The number of hydrogen-bond acceptors (Lipinski definition) is 2. The molecule has 0 bridgehead atoms. The number of amides is 1. The third-order valence-electron chi connectivity index (χ3n) is 2.57. The van der Waals surface area contributed by atoms with Crippen LogP contribution in [0, 0.1) is 0 Å². The van der Waals surface area contributed by atoms with Gasteiger partial charge in [-0.25, -0.2) is 0 Å². The van der Waals surface area contributed by atoms with Gasteiger partial charge in [-0.1, -0.05) is 0 Å². The summed E-state index contributed by atoms with van der Waals surface area (Å²) in [5.41, 5.74) is 0. The molecule has 3 nitrogen and oxygen atoms in total. The van der Waals surface area contributed by atoms with Crippen LogP contribution in [0.4, 0.5) is 0 Å². The van der Waals surface area contributed by atoms with Gasteiger partial charge in [-0.05, 0) is 47.5 Å². The molecule has 16 heavy (non-hydrogen) atoms. The van der Waals surface area contributed by atoms with Crippen LogP contribution in [0.3, 0.4) is 0 Å². The normalized spacial score (nSPS) is 10.9. The average Bonchev–Trinajstić information content (AvgIpc) is 2.10. The molecule has 0 aliphatic carbocycles. The Hall–Kier alpha value is -0.860. The van der Waals surface area contributed by atoms with E-state index >= 15 is 0 Å². The molecule has 3 heteroatoms. The van der Waals surface area contributed by atoms with E-state index in [0.717, 1.165) is 12.8 Å². The van der Waals surface area contributed by atoms with E-state index in [1.807, 2.05) is 32.6 Å². The van der Waals surface area contributed by atoms with Crippen LogP contribution in [0.1, 0.15) is 60.3 Å². The zero-order valence-corrected chi connectivity index (χ0v) is 11.2. The first-order valence-corrected chi connectivity index (χ1v) is 6.16. The largest absolute Gasteiger partial charge is 0.338 e. The van der Waals surface area contributed by atoms with Crippen LogP contribution in [-0.4, -0.2) is 28.7 Å². The summed E-state index contributed by atoms with van der Waals surface area (Å²) < 4.78 is 0. The summed E-state index contributed by atoms with van der Waals surface area (Å²) in [7, 11) is 0. The summed E-state index contributed by atoms with van der Waals surface area (Å²) in [5.74, 6) is 0.408. The van der Waals surface area contributed by atoms with Crippen molar-refractivity contribution < 1.29 is 9.59 Å². The zero-order valence-electron chi connectivity index (χ0n) is 11.2. The molecule has 0 fully saturated rings. The summed E-state index contributed by atoms with van der Waals surface area (Å²) in [6.07, 6.45) is 2.79. The third-order valence-corrected chi connectivity index (χ3v) is 2.57. The summed E-state index contributed by atoms with van der Waals surface area (Å²) >= 11 is 0. The van der Waals surface area contributed by atoms with Crippen LogP contribution < -0.4 is 0 Å². The Morgan fingerprint density at radius 2 is 1.38 bits per heavy atom. The monoisotopic (exact) mass is 227 g/mol. The Labute approximate surface area is 99.2 Å². The van der Waals surface area contributed by atoms with Gasteiger partial charge >= 0.3 is 0 Å². The second-order valence-electron chi connectivity index (χ2n) is 4.90. The van der Waals surface area contributed by atoms with Crippen molar-refractivity contribution in [2.75, 3.05) is 0 Å². The Morgan fingerprint density at radius 3 is 1.75 bits per heavy atom. The Morgan fingerprint density at radius 1 is 0.938 bits per heavy atom. The van der Waals surface area contributed by atoms with Crippen LogP contribution in [0.15, 0.2) is 0 Å². The molecule has 0 aromatic carbocycles. The molecule has 0 N–H and O–H groups in total. The van der Waals surface area contributed by atoms with Gasteiger partial charge in [-0.2, -0.15) is 0 Å². The number of ketones is 1. The lowest BCUT2D eigenvalue weighted by Crippen LogP contribution is -2.41. The lowest BCUT2D eigenvalue weighted by atomic mass is 10.1. The minimum absolute atomic E-state index is 0.202. The molecule has 0 aromatic rings. The first-order chi connectivity index (χ1) is 7.36. The molecule has 0 aliphatic heterocycles. The number of carbonyl (C=O) groups excluding carboxylic acids is 2. The smallest absolute Gasteiger partial charge is 0.223 e. The van der Waals surface area contributed by atoms with Crippen molar-refractivity contribution in [2.24, 2.45) is 0 Å². The molecule has 0 aromatic heterocycles. The second kappa shape index (κ2) is 7.42. The Bertz CT molecular complexity index is 226. The van der Waals surface area contributed by atoms with Crippen LogP contribution in [0.5, 0.6) is 0 Å². The van der Waals surface area contributed by atoms with Gasteiger partial charge in [0.15, 0.2) is 0 Å². The molecule has 94 valence electrons. The molecule has 1 amide bonds. The van der Waals surface area contributed by atoms with Gasteiger partial charge in [0, 0.05) is 24.9 Å². The molecule has 0 radical (unpaired) electrons. The van der Waals surface area contributed by atoms with Gasteiger partial charge in [0.2, 0.25) is 5.91 Å². The van der Waals surface area contributed by atoms with Crippen LogP contribution in [0.2, 0.25) is 0 Å². The van der Waals surface area contributed by atoms with E-state index in [1.54, 1.807) is 6.92 Å². The van der Waals surface area contributed by atoms with Gasteiger partial charge in [-0.15, -0.1) is 0 Å². The lowest BCUT2D eigenvalue weighted by molar-refractivity contribution is -0.135. The fourth-order valence-corrected chi connectivity index (χ4v) is 1.95. The summed E-state index contributed by atoms with van der Waals surface area (Å²) in [5, 5.41) is 0. The molecule has 0 atom stereocenters. The predicted molar refractivity (Wildman–Crippen MR) is 66.3 cm³/mol. The first-order valence-electron chi connectivity index (χ1n) is 6.16. The number of Topliss-reactive ketones (excluding diaryl/α,β-unsaturated/α-hetero) is 1. The molecule has 0 spiro atoms. The Kier molecular flexibility index (Phi) is 7.02. The van der Waals surface area contributed by atoms with Crippen molar-refractivity contribution in [1.29, 1.82) is 0 Å². The van der Waals surface area contributed by atoms with Crippen molar-refractivity contribution in [3.8, 4) is 0 Å². The van der Waals surface area contributed by atoms with Gasteiger partial charge < -0.3 is 9.69 Å². The number of rotatable bonds is 7. The predicted octanol–water partition coefficient (Wildman–Crippen LogP) is 2.78. The van der Waals surface area contributed by atoms with E-state index < -0.39 is 0 Å². The lowest BCUT2D eigenvalue weighted by Gasteiger charge is -2.30.